The van der Waals surface area contributed by atoms with Crippen LogP contribution in [-0.4, -0.2) is 35.0 Å². The van der Waals surface area contributed by atoms with E-state index < -0.39 is 6.04 Å². The topological polar surface area (TPSA) is 70.6 Å². The number of hydrogen-bond acceptors (Lipinski definition) is 4. The first kappa shape index (κ1) is 24.1. The number of rotatable bonds is 6. The number of nitrogens with zero attached hydrogens (tertiary/aromatic N) is 3. The third kappa shape index (κ3) is 4.74. The molecule has 6 nitrogen and oxygen atoms in total. The fraction of sp³-hybridized carbons (Fsp3) is 0.179. The lowest BCUT2D eigenvalue weighted by molar-refractivity contribution is -0.119. The van der Waals surface area contributed by atoms with Gasteiger partial charge in [-0.1, -0.05) is 53.5 Å². The average molecular weight is 519 g/mol. The molecule has 1 unspecified atom stereocenters. The van der Waals surface area contributed by atoms with Crippen molar-refractivity contribution in [3.05, 3.63) is 111 Å². The van der Waals surface area contributed by atoms with Gasteiger partial charge in [0.15, 0.2) is 0 Å². The van der Waals surface area contributed by atoms with E-state index in [0.717, 1.165) is 39.4 Å². The van der Waals surface area contributed by atoms with Crippen LogP contribution in [0.2, 0.25) is 10.0 Å². The lowest BCUT2D eigenvalue weighted by Gasteiger charge is -2.26. The number of aromatic nitrogens is 2. The SMILES string of the molecule is COc1ccc(CN2C(=O)C(Cc3ccccc3Cl)N=C(c3cn[nH]c3C)c3cc(Cl)ccc32)cc1. The number of carbonyl (C=O) groups is 1. The number of H-pyrrole nitrogens is 1. The largest absolute Gasteiger partial charge is 0.497 e. The first-order valence-corrected chi connectivity index (χ1v) is 12.3. The zero-order valence-corrected chi connectivity index (χ0v) is 21.3. The normalized spacial score (nSPS) is 15.3. The van der Waals surface area contributed by atoms with Gasteiger partial charge in [-0.25, -0.2) is 0 Å². The van der Waals surface area contributed by atoms with Gasteiger partial charge in [0.1, 0.15) is 11.8 Å². The first-order valence-electron chi connectivity index (χ1n) is 11.5. The molecular weight excluding hydrogens is 495 g/mol. The molecule has 1 N–H and O–H groups in total. The number of amides is 1. The molecule has 0 bridgehead atoms. The minimum atomic E-state index is -0.696. The van der Waals surface area contributed by atoms with E-state index in [0.29, 0.717) is 28.7 Å². The number of nitrogens with one attached hydrogen (secondary N) is 1. The number of aliphatic imine (C=N–C) groups is 1. The van der Waals surface area contributed by atoms with E-state index in [1.165, 1.54) is 0 Å². The summed E-state index contributed by atoms with van der Waals surface area (Å²) in [6.45, 7) is 2.30. The number of anilines is 1. The Bertz CT molecular complexity index is 1450. The monoisotopic (exact) mass is 518 g/mol. The van der Waals surface area contributed by atoms with Crippen molar-refractivity contribution in [1.82, 2.24) is 10.2 Å². The van der Waals surface area contributed by atoms with Crippen molar-refractivity contribution in [2.75, 3.05) is 12.0 Å². The number of fused-ring (bicyclic) bond motifs is 1. The molecular formula is C28H24Cl2N4O2. The van der Waals surface area contributed by atoms with Gasteiger partial charge in [-0.15, -0.1) is 0 Å². The highest BCUT2D eigenvalue weighted by atomic mass is 35.5. The molecule has 0 saturated heterocycles. The lowest BCUT2D eigenvalue weighted by Crippen LogP contribution is -2.38. The van der Waals surface area contributed by atoms with E-state index in [2.05, 4.69) is 10.2 Å². The van der Waals surface area contributed by atoms with Crippen LogP contribution in [0.1, 0.15) is 27.9 Å². The van der Waals surface area contributed by atoms with Crippen molar-refractivity contribution in [3.8, 4) is 5.75 Å². The third-order valence-corrected chi connectivity index (χ3v) is 6.90. The number of methoxy groups -OCH3 is 1. The molecule has 0 aliphatic carbocycles. The van der Waals surface area contributed by atoms with Gasteiger partial charge in [-0.05, 0) is 54.4 Å². The second-order valence-corrected chi connectivity index (χ2v) is 9.48. The van der Waals surface area contributed by atoms with Crippen LogP contribution in [0.5, 0.6) is 5.75 Å². The summed E-state index contributed by atoms with van der Waals surface area (Å²) < 4.78 is 5.30. The molecule has 5 rings (SSSR count). The smallest absolute Gasteiger partial charge is 0.252 e. The van der Waals surface area contributed by atoms with E-state index >= 15 is 0 Å². The summed E-state index contributed by atoms with van der Waals surface area (Å²) in [5.74, 6) is 0.635. The third-order valence-electron chi connectivity index (χ3n) is 6.30. The lowest BCUT2D eigenvalue weighted by atomic mass is 10.0. The number of ether oxygens (including phenoxy) is 1. The molecule has 1 aliphatic rings. The summed E-state index contributed by atoms with van der Waals surface area (Å²) in [5.41, 5.74) is 5.68. The zero-order valence-electron chi connectivity index (χ0n) is 19.8. The van der Waals surface area contributed by atoms with E-state index in [-0.39, 0.29) is 5.91 Å². The van der Waals surface area contributed by atoms with Crippen LogP contribution in [-0.2, 0) is 17.8 Å². The van der Waals surface area contributed by atoms with Crippen LogP contribution in [0.3, 0.4) is 0 Å². The fourth-order valence-corrected chi connectivity index (χ4v) is 4.78. The number of aryl methyl sites for hydroxylation is 1. The second kappa shape index (κ2) is 10.2. The number of halogens is 2. The Morgan fingerprint density at radius 2 is 1.81 bits per heavy atom. The molecule has 2 heterocycles. The molecule has 1 aliphatic heterocycles. The van der Waals surface area contributed by atoms with E-state index in [9.17, 15) is 4.79 Å². The van der Waals surface area contributed by atoms with Crippen LogP contribution in [0.15, 0.2) is 77.9 Å². The van der Waals surface area contributed by atoms with Crippen LogP contribution in [0.25, 0.3) is 0 Å². The molecule has 0 radical (unpaired) electrons. The fourth-order valence-electron chi connectivity index (χ4n) is 4.40. The van der Waals surface area contributed by atoms with Gasteiger partial charge in [0, 0.05) is 33.3 Å². The second-order valence-electron chi connectivity index (χ2n) is 8.63. The Morgan fingerprint density at radius 3 is 2.50 bits per heavy atom. The molecule has 36 heavy (non-hydrogen) atoms. The summed E-state index contributed by atoms with van der Waals surface area (Å²) in [5, 5.41) is 8.34. The molecule has 1 aromatic heterocycles. The average Bonchev–Trinajstić information content (AvgIpc) is 3.27. The summed E-state index contributed by atoms with van der Waals surface area (Å²) in [4.78, 5) is 20.9. The predicted molar refractivity (Wildman–Crippen MR) is 144 cm³/mol. The van der Waals surface area contributed by atoms with Crippen LogP contribution < -0.4 is 9.64 Å². The van der Waals surface area contributed by atoms with Gasteiger partial charge in [0.2, 0.25) is 0 Å². The molecule has 3 aromatic carbocycles. The highest BCUT2D eigenvalue weighted by Crippen LogP contribution is 2.34. The number of benzodiazepines with no additional fused rings is 1. The number of benzene rings is 3. The van der Waals surface area contributed by atoms with Gasteiger partial charge in [-0.3, -0.25) is 14.9 Å². The summed E-state index contributed by atoms with van der Waals surface area (Å²) in [6, 6.07) is 20.1. The maximum absolute atomic E-state index is 14.1. The van der Waals surface area contributed by atoms with Gasteiger partial charge in [0.25, 0.3) is 5.91 Å². The highest BCUT2D eigenvalue weighted by Gasteiger charge is 2.33. The minimum Gasteiger partial charge on any atom is -0.497 e. The predicted octanol–water partition coefficient (Wildman–Crippen LogP) is 6.03. The van der Waals surface area contributed by atoms with E-state index in [1.807, 2.05) is 67.6 Å². The maximum Gasteiger partial charge on any atom is 0.252 e. The van der Waals surface area contributed by atoms with Crippen LogP contribution in [0.4, 0.5) is 5.69 Å². The number of hydrogen-bond donors (Lipinski definition) is 1. The zero-order chi connectivity index (χ0) is 25.2. The molecule has 8 heteroatoms. The molecule has 1 atom stereocenters. The summed E-state index contributed by atoms with van der Waals surface area (Å²) >= 11 is 12.9. The van der Waals surface area contributed by atoms with Crippen molar-refractivity contribution in [2.45, 2.75) is 25.9 Å². The maximum atomic E-state index is 14.1. The Hall–Kier alpha value is -3.61. The molecule has 4 aromatic rings. The van der Waals surface area contributed by atoms with Gasteiger partial charge >= 0.3 is 0 Å². The van der Waals surface area contributed by atoms with Crippen molar-refractivity contribution < 1.29 is 9.53 Å². The van der Waals surface area contributed by atoms with Crippen molar-refractivity contribution in [2.24, 2.45) is 4.99 Å². The Labute approximate surface area is 219 Å². The summed E-state index contributed by atoms with van der Waals surface area (Å²) in [7, 11) is 1.63. The molecule has 182 valence electrons. The van der Waals surface area contributed by atoms with Gasteiger partial charge < -0.3 is 9.64 Å². The van der Waals surface area contributed by atoms with Gasteiger partial charge in [-0.2, -0.15) is 5.10 Å². The molecule has 0 spiro atoms. The van der Waals surface area contributed by atoms with Crippen LogP contribution in [0, 0.1) is 6.92 Å². The molecule has 1 amide bonds. The van der Waals surface area contributed by atoms with Crippen LogP contribution >= 0.6 is 23.2 Å². The standard InChI is InChI=1S/C28H24Cl2N4O2/c1-17-23(15-31-33-17)27-22-14-20(29)9-12-26(22)34(16-18-7-10-21(36-2)11-8-18)28(35)25(32-27)13-19-5-3-4-6-24(19)30/h3-12,14-15,25H,13,16H2,1-2H3,(H,31,33). The van der Waals surface area contributed by atoms with Gasteiger partial charge in [0.05, 0.1) is 31.3 Å². The molecule has 0 saturated carbocycles. The van der Waals surface area contributed by atoms with Crippen molar-refractivity contribution in [1.29, 1.82) is 0 Å². The van der Waals surface area contributed by atoms with E-state index in [4.69, 9.17) is 32.9 Å². The highest BCUT2D eigenvalue weighted by molar-refractivity contribution is 6.32. The summed E-state index contributed by atoms with van der Waals surface area (Å²) in [6.07, 6.45) is 2.09. The molecule has 0 fully saturated rings. The minimum absolute atomic E-state index is 0.120. The van der Waals surface area contributed by atoms with Crippen molar-refractivity contribution >= 4 is 40.5 Å². The Balaban J connectivity index is 1.66. The van der Waals surface area contributed by atoms with E-state index in [1.54, 1.807) is 24.3 Å². The Morgan fingerprint density at radius 1 is 1.03 bits per heavy atom. The first-order chi connectivity index (χ1) is 17.4. The number of carbonyl (C=O) groups excluding carboxylic acids is 1. The van der Waals surface area contributed by atoms with Crippen molar-refractivity contribution in [3.63, 3.8) is 0 Å². The number of aromatic amines is 1. The quantitative estimate of drug-likeness (QED) is 0.338. The Kier molecular flexibility index (Phi) is 6.81.